The van der Waals surface area contributed by atoms with Gasteiger partial charge in [0.1, 0.15) is 5.75 Å². The molecule has 0 saturated heterocycles. The second-order valence-electron chi connectivity index (χ2n) is 7.96. The highest BCUT2D eigenvalue weighted by Crippen LogP contribution is 2.33. The lowest BCUT2D eigenvalue weighted by atomic mass is 9.92. The van der Waals surface area contributed by atoms with Crippen LogP contribution in [0.5, 0.6) is 5.75 Å². The molecule has 6 heteroatoms. The van der Waals surface area contributed by atoms with Crippen LogP contribution in [-0.2, 0) is 0 Å². The van der Waals surface area contributed by atoms with E-state index in [9.17, 15) is 10.1 Å². The molecule has 0 atom stereocenters. The lowest BCUT2D eigenvalue weighted by Crippen LogP contribution is -2.34. The Labute approximate surface area is 187 Å². The average molecular weight is 423 g/mol. The van der Waals surface area contributed by atoms with Crippen LogP contribution in [0.2, 0.25) is 0 Å². The molecule has 3 N–H and O–H groups in total. The van der Waals surface area contributed by atoms with Crippen LogP contribution in [-0.4, -0.2) is 24.7 Å². The van der Waals surface area contributed by atoms with E-state index in [1.54, 1.807) is 0 Å². The lowest BCUT2D eigenvalue weighted by molar-refractivity contribution is 0.250. The van der Waals surface area contributed by atoms with Crippen molar-refractivity contribution in [3.63, 3.8) is 0 Å². The third-order valence-electron chi connectivity index (χ3n) is 5.08. The molecule has 1 aliphatic rings. The number of anilines is 2. The molecule has 6 nitrogen and oxygen atoms in total. The fourth-order valence-electron chi connectivity index (χ4n) is 3.33. The van der Waals surface area contributed by atoms with Crippen molar-refractivity contribution in [3.8, 4) is 11.8 Å². The van der Waals surface area contributed by atoms with Crippen molar-refractivity contribution in [2.45, 2.75) is 52.1 Å². The summed E-state index contributed by atoms with van der Waals surface area (Å²) in [7, 11) is 0. The number of nitrogens with zero attached hydrogens (tertiary/aromatic N) is 1. The summed E-state index contributed by atoms with van der Waals surface area (Å²) in [6, 6.07) is 15.9. The summed E-state index contributed by atoms with van der Waals surface area (Å²) in [5.41, 5.74) is 3.91. The fraction of sp³-hybridized carbons (Fsp3) is 0.360. The topological polar surface area (TPSA) is 86.2 Å². The number of ether oxygens (including phenoxy) is 1. The summed E-state index contributed by atoms with van der Waals surface area (Å²) in [5, 5.41) is 19.1. The normalized spacial score (nSPS) is 13.8. The van der Waals surface area contributed by atoms with Crippen molar-refractivity contribution in [1.82, 2.24) is 5.32 Å². The number of nitriles is 1. The Kier molecular flexibility index (Phi) is 7.55. The summed E-state index contributed by atoms with van der Waals surface area (Å²) >= 11 is 0. The molecule has 0 spiro atoms. The monoisotopic (exact) mass is 422 g/mol. The molecule has 0 aromatic heterocycles. The van der Waals surface area contributed by atoms with E-state index in [1.165, 1.54) is 6.42 Å². The largest absolute Gasteiger partial charge is 0.494 e. The van der Waals surface area contributed by atoms with Crippen LogP contribution in [0, 0.1) is 11.3 Å². The number of carbonyl (C=O) groups is 1. The van der Waals surface area contributed by atoms with E-state index >= 15 is 0 Å². The molecule has 31 heavy (non-hydrogen) atoms. The molecule has 0 unspecified atom stereocenters. The third-order valence-corrected chi connectivity index (χ3v) is 5.08. The molecule has 0 bridgehead atoms. The zero-order chi connectivity index (χ0) is 22.2. The van der Waals surface area contributed by atoms with Crippen molar-refractivity contribution in [2.24, 2.45) is 0 Å². The molecule has 0 aliphatic heterocycles. The van der Waals surface area contributed by atoms with E-state index in [0.29, 0.717) is 23.9 Å². The summed E-state index contributed by atoms with van der Waals surface area (Å²) < 4.78 is 5.66. The Morgan fingerprint density at radius 2 is 2.00 bits per heavy atom. The van der Waals surface area contributed by atoms with E-state index < -0.39 is 0 Å². The molecular weight excluding hydrogens is 388 g/mol. The standard InChI is InChI=1S/C25H30N4O2.2H2/c1-4-31-22-12-13-24(28-20-6-5-7-20)23(15-22)19(16-26)14-18-8-10-21(11-9-18)29-25(30)27-17(2)3;;/h8-15,17,20,28H,4-7H2,1-3H3,(H2,27,29,30);2*1H/b19-14+;;. The molecular formula is C25H34N4O2. The van der Waals surface area contributed by atoms with Crippen LogP contribution in [0.15, 0.2) is 42.5 Å². The third kappa shape index (κ3) is 6.26. The number of benzene rings is 2. The predicted octanol–water partition coefficient (Wildman–Crippen LogP) is 6.14. The van der Waals surface area contributed by atoms with Gasteiger partial charge in [-0.2, -0.15) is 5.26 Å². The zero-order valence-electron chi connectivity index (χ0n) is 18.4. The molecule has 1 fully saturated rings. The minimum absolute atomic E-state index is 0. The van der Waals surface area contributed by atoms with Gasteiger partial charge in [0.15, 0.2) is 0 Å². The van der Waals surface area contributed by atoms with Gasteiger partial charge in [-0.15, -0.1) is 0 Å². The first-order valence-electron chi connectivity index (χ1n) is 10.8. The van der Waals surface area contributed by atoms with Crippen LogP contribution in [0.4, 0.5) is 16.2 Å². The van der Waals surface area contributed by atoms with E-state index in [-0.39, 0.29) is 14.9 Å². The quantitative estimate of drug-likeness (QED) is 0.352. The average Bonchev–Trinajstić information content (AvgIpc) is 2.70. The zero-order valence-corrected chi connectivity index (χ0v) is 18.4. The van der Waals surface area contributed by atoms with Gasteiger partial charge in [0, 0.05) is 31.9 Å². The molecule has 3 rings (SSSR count). The van der Waals surface area contributed by atoms with E-state index in [0.717, 1.165) is 35.4 Å². The molecule has 166 valence electrons. The van der Waals surface area contributed by atoms with Crippen molar-refractivity contribution in [1.29, 1.82) is 5.26 Å². The van der Waals surface area contributed by atoms with Gasteiger partial charge in [0.05, 0.1) is 18.2 Å². The van der Waals surface area contributed by atoms with Crippen molar-refractivity contribution < 1.29 is 12.4 Å². The maximum absolute atomic E-state index is 11.9. The number of allylic oxidation sites excluding steroid dienone is 1. The van der Waals surface area contributed by atoms with E-state index in [4.69, 9.17) is 4.74 Å². The number of nitrogens with one attached hydrogen (secondary N) is 3. The van der Waals surface area contributed by atoms with Crippen molar-refractivity contribution in [2.75, 3.05) is 17.2 Å². The first-order chi connectivity index (χ1) is 15.0. The smallest absolute Gasteiger partial charge is 0.319 e. The Morgan fingerprint density at radius 1 is 1.26 bits per heavy atom. The van der Waals surface area contributed by atoms with Crippen LogP contribution in [0.1, 0.15) is 54.0 Å². The molecule has 0 heterocycles. The van der Waals surface area contributed by atoms with Crippen LogP contribution in [0.3, 0.4) is 0 Å². The predicted molar refractivity (Wildman–Crippen MR) is 130 cm³/mol. The summed E-state index contributed by atoms with van der Waals surface area (Å²) in [4.78, 5) is 11.9. The molecule has 1 saturated carbocycles. The molecule has 2 aromatic carbocycles. The SMILES string of the molecule is CCOc1ccc(NC2CCC2)c(/C(C#N)=C/c2ccc(NC(=O)NC(C)C)cc2)c1.[HH].[HH]. The number of amides is 2. The number of rotatable bonds is 8. The van der Waals surface area contributed by atoms with Gasteiger partial charge in [-0.05, 0) is 82.0 Å². The first kappa shape index (κ1) is 22.2. The second-order valence-corrected chi connectivity index (χ2v) is 7.96. The van der Waals surface area contributed by atoms with Gasteiger partial charge < -0.3 is 20.7 Å². The summed E-state index contributed by atoms with van der Waals surface area (Å²) in [6.07, 6.45) is 5.39. The minimum atomic E-state index is -0.240. The Hall–Kier alpha value is -3.46. The van der Waals surface area contributed by atoms with Gasteiger partial charge in [-0.3, -0.25) is 0 Å². The maximum atomic E-state index is 11.9. The molecule has 0 radical (unpaired) electrons. The van der Waals surface area contributed by atoms with Gasteiger partial charge in [0.2, 0.25) is 0 Å². The Bertz CT molecular complexity index is 981. The van der Waals surface area contributed by atoms with Crippen LogP contribution in [0.25, 0.3) is 11.6 Å². The highest BCUT2D eigenvalue weighted by Gasteiger charge is 2.19. The summed E-state index contributed by atoms with van der Waals surface area (Å²) in [5.74, 6) is 0.744. The Balaban J connectivity index is 0.00000272. The number of hydrogen-bond acceptors (Lipinski definition) is 4. The van der Waals surface area contributed by atoms with Gasteiger partial charge in [0.25, 0.3) is 0 Å². The number of carbonyl (C=O) groups excluding carboxylic acids is 1. The number of hydrogen-bond donors (Lipinski definition) is 3. The van der Waals surface area contributed by atoms with Gasteiger partial charge >= 0.3 is 6.03 Å². The molecule has 2 amide bonds. The van der Waals surface area contributed by atoms with E-state index in [1.807, 2.05) is 69.3 Å². The maximum Gasteiger partial charge on any atom is 0.319 e. The highest BCUT2D eigenvalue weighted by atomic mass is 16.5. The Morgan fingerprint density at radius 3 is 2.58 bits per heavy atom. The highest BCUT2D eigenvalue weighted by molar-refractivity contribution is 5.95. The number of urea groups is 1. The minimum Gasteiger partial charge on any atom is -0.494 e. The lowest BCUT2D eigenvalue weighted by Gasteiger charge is -2.28. The van der Waals surface area contributed by atoms with Gasteiger partial charge in [-0.25, -0.2) is 4.79 Å². The van der Waals surface area contributed by atoms with Crippen molar-refractivity contribution >= 4 is 29.1 Å². The summed E-state index contributed by atoms with van der Waals surface area (Å²) in [6.45, 7) is 6.33. The fourth-order valence-corrected chi connectivity index (χ4v) is 3.33. The second kappa shape index (κ2) is 10.5. The van der Waals surface area contributed by atoms with Crippen LogP contribution >= 0.6 is 0 Å². The van der Waals surface area contributed by atoms with E-state index in [2.05, 4.69) is 22.0 Å². The van der Waals surface area contributed by atoms with Gasteiger partial charge in [-0.1, -0.05) is 12.1 Å². The first-order valence-corrected chi connectivity index (χ1v) is 10.8. The van der Waals surface area contributed by atoms with Crippen LogP contribution < -0.4 is 20.7 Å². The molecule has 1 aliphatic carbocycles. The molecule has 2 aromatic rings. The van der Waals surface area contributed by atoms with Crippen molar-refractivity contribution in [3.05, 3.63) is 53.6 Å².